The second kappa shape index (κ2) is 3.31. The second-order valence-corrected chi connectivity index (χ2v) is 3.56. The van der Waals surface area contributed by atoms with Crippen molar-refractivity contribution in [2.45, 2.75) is 13.8 Å². The number of carbonyl (C=O) groups is 1. The molecule has 0 unspecified atom stereocenters. The van der Waals surface area contributed by atoms with E-state index in [0.29, 0.717) is 11.3 Å². The molecule has 0 radical (unpaired) electrons. The van der Waals surface area contributed by atoms with E-state index in [0.717, 1.165) is 17.0 Å². The van der Waals surface area contributed by atoms with Crippen LogP contribution in [-0.2, 0) is 0 Å². The number of carboxylic acid groups (broad SMARTS) is 1. The highest BCUT2D eigenvalue weighted by atomic mass is 16.4. The molecule has 0 saturated carbocycles. The molecule has 0 bridgehead atoms. The predicted molar refractivity (Wildman–Crippen MR) is 57.0 cm³/mol. The SMILES string of the molecule is Cc1cc[nH]c1-c1cc(C(=O)O)c(C)[nH]1. The van der Waals surface area contributed by atoms with Crippen LogP contribution in [0, 0.1) is 13.8 Å². The Morgan fingerprint density at radius 2 is 2.13 bits per heavy atom. The van der Waals surface area contributed by atoms with Gasteiger partial charge in [0.2, 0.25) is 0 Å². The van der Waals surface area contributed by atoms with Gasteiger partial charge in [-0.2, -0.15) is 0 Å². The Kier molecular flexibility index (Phi) is 2.11. The van der Waals surface area contributed by atoms with E-state index in [9.17, 15) is 4.79 Å². The molecule has 4 nitrogen and oxygen atoms in total. The lowest BCUT2D eigenvalue weighted by Crippen LogP contribution is -1.95. The molecular formula is C11H12N2O2. The van der Waals surface area contributed by atoms with E-state index in [1.807, 2.05) is 19.2 Å². The lowest BCUT2D eigenvalue weighted by molar-refractivity contribution is 0.0696. The zero-order valence-electron chi connectivity index (χ0n) is 8.59. The van der Waals surface area contributed by atoms with Crippen LogP contribution in [0.5, 0.6) is 0 Å². The van der Waals surface area contributed by atoms with Crippen LogP contribution in [0.2, 0.25) is 0 Å². The summed E-state index contributed by atoms with van der Waals surface area (Å²) in [7, 11) is 0. The maximum absolute atomic E-state index is 10.9. The third-order valence-electron chi connectivity index (χ3n) is 2.47. The van der Waals surface area contributed by atoms with E-state index >= 15 is 0 Å². The van der Waals surface area contributed by atoms with Crippen molar-refractivity contribution in [3.63, 3.8) is 0 Å². The summed E-state index contributed by atoms with van der Waals surface area (Å²) >= 11 is 0. The van der Waals surface area contributed by atoms with Gasteiger partial charge in [-0.1, -0.05) is 0 Å². The van der Waals surface area contributed by atoms with Gasteiger partial charge in [0, 0.05) is 11.9 Å². The monoisotopic (exact) mass is 204 g/mol. The maximum Gasteiger partial charge on any atom is 0.337 e. The van der Waals surface area contributed by atoms with E-state index in [1.54, 1.807) is 13.0 Å². The van der Waals surface area contributed by atoms with Crippen molar-refractivity contribution in [1.29, 1.82) is 0 Å². The fraction of sp³-hybridized carbons (Fsp3) is 0.182. The Bertz CT molecular complexity index is 508. The van der Waals surface area contributed by atoms with E-state index < -0.39 is 5.97 Å². The van der Waals surface area contributed by atoms with E-state index in [-0.39, 0.29) is 0 Å². The fourth-order valence-corrected chi connectivity index (χ4v) is 1.65. The van der Waals surface area contributed by atoms with Crippen molar-refractivity contribution in [3.8, 4) is 11.4 Å². The van der Waals surface area contributed by atoms with Crippen molar-refractivity contribution < 1.29 is 9.90 Å². The molecule has 0 spiro atoms. The van der Waals surface area contributed by atoms with Crippen molar-refractivity contribution >= 4 is 5.97 Å². The minimum Gasteiger partial charge on any atom is -0.478 e. The Hall–Kier alpha value is -1.97. The first-order valence-corrected chi connectivity index (χ1v) is 4.67. The van der Waals surface area contributed by atoms with Gasteiger partial charge in [0.05, 0.1) is 17.0 Å². The summed E-state index contributed by atoms with van der Waals surface area (Å²) < 4.78 is 0. The number of rotatable bonds is 2. The van der Waals surface area contributed by atoms with Crippen molar-refractivity contribution in [2.75, 3.05) is 0 Å². The number of H-pyrrole nitrogens is 2. The van der Waals surface area contributed by atoms with Crippen LogP contribution in [0.4, 0.5) is 0 Å². The number of carboxylic acids is 1. The summed E-state index contributed by atoms with van der Waals surface area (Å²) in [4.78, 5) is 17.0. The molecule has 15 heavy (non-hydrogen) atoms. The van der Waals surface area contributed by atoms with Gasteiger partial charge in [-0.15, -0.1) is 0 Å². The van der Waals surface area contributed by atoms with Crippen LogP contribution in [0.3, 0.4) is 0 Å². The summed E-state index contributed by atoms with van der Waals surface area (Å²) in [5.41, 5.74) is 3.83. The summed E-state index contributed by atoms with van der Waals surface area (Å²) in [6.45, 7) is 3.73. The third kappa shape index (κ3) is 1.54. The van der Waals surface area contributed by atoms with Crippen LogP contribution in [0.1, 0.15) is 21.6 Å². The molecule has 2 rings (SSSR count). The smallest absolute Gasteiger partial charge is 0.337 e. The van der Waals surface area contributed by atoms with Gasteiger partial charge < -0.3 is 15.1 Å². The minimum absolute atomic E-state index is 0.319. The van der Waals surface area contributed by atoms with Gasteiger partial charge in [0.1, 0.15) is 0 Å². The molecule has 0 aromatic carbocycles. The lowest BCUT2D eigenvalue weighted by atomic mass is 10.2. The van der Waals surface area contributed by atoms with E-state index in [4.69, 9.17) is 5.11 Å². The predicted octanol–water partition coefficient (Wildman–Crippen LogP) is 2.32. The summed E-state index contributed by atoms with van der Waals surface area (Å²) in [6.07, 6.45) is 1.83. The molecule has 0 atom stereocenters. The standard InChI is InChI=1S/C11H12N2O2/c1-6-3-4-12-10(6)9-5-8(11(14)15)7(2)13-9/h3-5,12-13H,1-2H3,(H,14,15). The van der Waals surface area contributed by atoms with Crippen molar-refractivity contribution in [1.82, 2.24) is 9.97 Å². The highest BCUT2D eigenvalue weighted by Gasteiger charge is 2.13. The number of hydrogen-bond donors (Lipinski definition) is 3. The van der Waals surface area contributed by atoms with Gasteiger partial charge in [0.25, 0.3) is 0 Å². The average Bonchev–Trinajstić information content (AvgIpc) is 2.71. The summed E-state index contributed by atoms with van der Waals surface area (Å²) in [5, 5.41) is 8.92. The van der Waals surface area contributed by atoms with Gasteiger partial charge in [-0.25, -0.2) is 4.79 Å². The van der Waals surface area contributed by atoms with Crippen LogP contribution < -0.4 is 0 Å². The summed E-state index contributed by atoms with van der Waals surface area (Å²) in [6, 6.07) is 3.60. The van der Waals surface area contributed by atoms with Gasteiger partial charge >= 0.3 is 5.97 Å². The highest BCUT2D eigenvalue weighted by Crippen LogP contribution is 2.23. The number of aromatic amines is 2. The first-order valence-electron chi connectivity index (χ1n) is 4.67. The minimum atomic E-state index is -0.904. The zero-order valence-corrected chi connectivity index (χ0v) is 8.59. The molecular weight excluding hydrogens is 192 g/mol. The molecule has 2 heterocycles. The molecule has 78 valence electrons. The molecule has 0 aliphatic carbocycles. The molecule has 3 N–H and O–H groups in total. The first-order chi connectivity index (χ1) is 7.09. The molecule has 0 amide bonds. The van der Waals surface area contributed by atoms with E-state index in [2.05, 4.69) is 9.97 Å². The van der Waals surface area contributed by atoms with Crippen LogP contribution in [0.15, 0.2) is 18.3 Å². The topological polar surface area (TPSA) is 68.9 Å². The fourth-order valence-electron chi connectivity index (χ4n) is 1.65. The largest absolute Gasteiger partial charge is 0.478 e. The quantitative estimate of drug-likeness (QED) is 0.702. The first kappa shape index (κ1) is 9.58. The number of aromatic nitrogens is 2. The number of aryl methyl sites for hydroxylation is 2. The van der Waals surface area contributed by atoms with Crippen molar-refractivity contribution in [2.24, 2.45) is 0 Å². The molecule has 0 aliphatic rings. The van der Waals surface area contributed by atoms with Crippen LogP contribution in [-0.4, -0.2) is 21.0 Å². The Morgan fingerprint density at radius 3 is 2.60 bits per heavy atom. The van der Waals surface area contributed by atoms with Gasteiger partial charge in [-0.3, -0.25) is 0 Å². The molecule has 0 aliphatic heterocycles. The second-order valence-electron chi connectivity index (χ2n) is 3.56. The average molecular weight is 204 g/mol. The maximum atomic E-state index is 10.9. The Morgan fingerprint density at radius 1 is 1.40 bits per heavy atom. The highest BCUT2D eigenvalue weighted by molar-refractivity contribution is 5.90. The van der Waals surface area contributed by atoms with Crippen LogP contribution in [0.25, 0.3) is 11.4 Å². The van der Waals surface area contributed by atoms with Crippen molar-refractivity contribution in [3.05, 3.63) is 35.2 Å². The molecule has 2 aromatic heterocycles. The van der Waals surface area contributed by atoms with Crippen LogP contribution >= 0.6 is 0 Å². The number of hydrogen-bond acceptors (Lipinski definition) is 1. The van der Waals surface area contributed by atoms with Gasteiger partial charge in [-0.05, 0) is 31.5 Å². The third-order valence-corrected chi connectivity index (χ3v) is 2.47. The number of aromatic carboxylic acids is 1. The normalized spacial score (nSPS) is 10.5. The molecule has 0 fully saturated rings. The Labute approximate surface area is 87.0 Å². The lowest BCUT2D eigenvalue weighted by Gasteiger charge is -1.94. The summed E-state index contributed by atoms with van der Waals surface area (Å²) in [5.74, 6) is -0.904. The zero-order chi connectivity index (χ0) is 11.0. The number of nitrogens with one attached hydrogen (secondary N) is 2. The molecule has 0 saturated heterocycles. The van der Waals surface area contributed by atoms with E-state index in [1.165, 1.54) is 0 Å². The Balaban J connectivity index is 2.52. The molecule has 2 aromatic rings. The molecule has 4 heteroatoms. The van der Waals surface area contributed by atoms with Gasteiger partial charge in [0.15, 0.2) is 0 Å².